The molecule has 0 heterocycles. The van der Waals surface area contributed by atoms with Crippen molar-refractivity contribution in [1.29, 1.82) is 0 Å². The Hall–Kier alpha value is -1.81. The molecular weight excluding hydrogens is 412 g/mol. The van der Waals surface area contributed by atoms with E-state index >= 15 is 0 Å². The van der Waals surface area contributed by atoms with Crippen molar-refractivity contribution in [2.24, 2.45) is 0 Å². The second kappa shape index (κ2) is 11.2. The fourth-order valence-corrected chi connectivity index (χ4v) is 11.4. The summed E-state index contributed by atoms with van der Waals surface area (Å²) in [5, 5.41) is 0. The molecule has 0 aliphatic rings. The van der Waals surface area contributed by atoms with Crippen molar-refractivity contribution in [2.45, 2.75) is 75.1 Å². The summed E-state index contributed by atoms with van der Waals surface area (Å²) in [4.78, 5) is 0. The Kier molecular flexibility index (Phi) is 8.60. The first-order valence-electron chi connectivity index (χ1n) is 11.9. The zero-order chi connectivity index (χ0) is 22.4. The SMILES string of the molecule is CC[CH](c1ccccc1C)[Cr]([CH](CC)c1ccccc1C)[CH](CC)c1ccccc1C. The Morgan fingerprint density at radius 2 is 0.742 bits per heavy atom. The Morgan fingerprint density at radius 3 is 0.968 bits per heavy atom. The van der Waals surface area contributed by atoms with E-state index in [2.05, 4.69) is 114 Å². The predicted octanol–water partition coefficient (Wildman–Crippen LogP) is 8.98. The third-order valence-corrected chi connectivity index (χ3v) is 12.5. The van der Waals surface area contributed by atoms with E-state index in [1.807, 2.05) is 0 Å². The summed E-state index contributed by atoms with van der Waals surface area (Å²) in [5.41, 5.74) is 9.16. The third kappa shape index (κ3) is 5.17. The van der Waals surface area contributed by atoms with Crippen LogP contribution >= 0.6 is 0 Å². The van der Waals surface area contributed by atoms with Crippen LogP contribution in [0, 0.1) is 20.8 Å². The molecule has 0 saturated heterocycles. The van der Waals surface area contributed by atoms with E-state index in [1.54, 1.807) is 16.7 Å². The Balaban J connectivity index is 2.23. The zero-order valence-corrected chi connectivity index (χ0v) is 21.5. The van der Waals surface area contributed by atoms with Crippen LogP contribution in [-0.2, 0) is 14.1 Å². The molecule has 3 atom stereocenters. The van der Waals surface area contributed by atoms with E-state index in [0.29, 0.717) is 14.3 Å². The van der Waals surface area contributed by atoms with E-state index in [9.17, 15) is 0 Å². The zero-order valence-electron chi connectivity index (χ0n) is 20.2. The monoisotopic (exact) mass is 451 g/mol. The van der Waals surface area contributed by atoms with Crippen LogP contribution in [0.3, 0.4) is 0 Å². The molecule has 0 spiro atoms. The molecule has 3 rings (SSSR count). The Bertz CT molecular complexity index is 846. The van der Waals surface area contributed by atoms with Crippen molar-refractivity contribution in [1.82, 2.24) is 0 Å². The second-order valence-corrected chi connectivity index (χ2v) is 12.6. The molecule has 3 aromatic rings. The van der Waals surface area contributed by atoms with Gasteiger partial charge in [-0.1, -0.05) is 0 Å². The van der Waals surface area contributed by atoms with Crippen LogP contribution in [0.25, 0.3) is 0 Å². The number of rotatable bonds is 9. The maximum atomic E-state index is 2.42. The van der Waals surface area contributed by atoms with Gasteiger partial charge in [0.15, 0.2) is 0 Å². The van der Waals surface area contributed by atoms with Crippen LogP contribution in [-0.4, -0.2) is 0 Å². The predicted molar refractivity (Wildman–Crippen MR) is 133 cm³/mol. The first-order valence-corrected chi connectivity index (χ1v) is 14.1. The topological polar surface area (TPSA) is 0 Å². The quantitative estimate of drug-likeness (QED) is 0.304. The van der Waals surface area contributed by atoms with Crippen molar-refractivity contribution in [3.05, 3.63) is 106 Å². The fourth-order valence-electron chi connectivity index (χ4n) is 5.12. The molecular formula is C30H39Cr. The molecule has 3 aromatic carbocycles. The average Bonchev–Trinajstić information content (AvgIpc) is 2.78. The summed E-state index contributed by atoms with van der Waals surface area (Å²) < 4.78 is 1.99. The van der Waals surface area contributed by atoms with Crippen LogP contribution in [0.15, 0.2) is 72.8 Å². The molecule has 0 N–H and O–H groups in total. The van der Waals surface area contributed by atoms with Crippen molar-refractivity contribution in [3.8, 4) is 0 Å². The number of aryl methyl sites for hydroxylation is 3. The average molecular weight is 452 g/mol. The molecule has 31 heavy (non-hydrogen) atoms. The van der Waals surface area contributed by atoms with Gasteiger partial charge in [-0.3, -0.25) is 0 Å². The normalized spacial score (nSPS) is 14.4. The van der Waals surface area contributed by atoms with Crippen LogP contribution in [0.1, 0.15) is 87.8 Å². The molecule has 0 nitrogen and oxygen atoms in total. The van der Waals surface area contributed by atoms with Gasteiger partial charge in [0, 0.05) is 0 Å². The minimum atomic E-state index is -1.15. The molecule has 0 radical (unpaired) electrons. The van der Waals surface area contributed by atoms with Crippen LogP contribution < -0.4 is 0 Å². The first kappa shape index (κ1) is 23.8. The van der Waals surface area contributed by atoms with E-state index in [-0.39, 0.29) is 0 Å². The van der Waals surface area contributed by atoms with Crippen LogP contribution in [0.5, 0.6) is 0 Å². The van der Waals surface area contributed by atoms with Gasteiger partial charge in [0.25, 0.3) is 0 Å². The fraction of sp³-hybridized carbons (Fsp3) is 0.400. The van der Waals surface area contributed by atoms with Crippen molar-refractivity contribution < 1.29 is 14.1 Å². The van der Waals surface area contributed by atoms with Crippen LogP contribution in [0.2, 0.25) is 0 Å². The summed E-state index contributed by atoms with van der Waals surface area (Å²) in [7, 11) is 0. The van der Waals surface area contributed by atoms with Crippen molar-refractivity contribution >= 4 is 0 Å². The van der Waals surface area contributed by atoms with Gasteiger partial charge in [-0.25, -0.2) is 0 Å². The third-order valence-electron chi connectivity index (χ3n) is 6.70. The standard InChI is InChI=1S/3C10H13.Cr/c3*1-3-6-10-8-5-4-7-9(10)2;/h3*4-8H,3H2,1-2H3;. The van der Waals surface area contributed by atoms with Crippen LogP contribution in [0.4, 0.5) is 0 Å². The van der Waals surface area contributed by atoms with E-state index < -0.39 is 14.1 Å². The molecule has 0 saturated carbocycles. The molecule has 0 aliphatic carbocycles. The number of hydrogen-bond acceptors (Lipinski definition) is 0. The van der Waals surface area contributed by atoms with Gasteiger partial charge in [-0.2, -0.15) is 0 Å². The molecule has 0 aliphatic heterocycles. The number of hydrogen-bond donors (Lipinski definition) is 0. The van der Waals surface area contributed by atoms with Gasteiger partial charge in [-0.05, 0) is 0 Å². The van der Waals surface area contributed by atoms with Gasteiger partial charge in [0.05, 0.1) is 0 Å². The molecule has 1 heteroatoms. The summed E-state index contributed by atoms with van der Waals surface area (Å²) >= 11 is -1.15. The van der Waals surface area contributed by atoms with Gasteiger partial charge in [0.1, 0.15) is 0 Å². The molecule has 0 aromatic heterocycles. The van der Waals surface area contributed by atoms with E-state index in [4.69, 9.17) is 0 Å². The molecule has 0 fully saturated rings. The van der Waals surface area contributed by atoms with Crippen molar-refractivity contribution in [3.63, 3.8) is 0 Å². The van der Waals surface area contributed by atoms with Crippen molar-refractivity contribution in [2.75, 3.05) is 0 Å². The second-order valence-electron chi connectivity index (χ2n) is 8.67. The summed E-state index contributed by atoms with van der Waals surface area (Å²) in [6.45, 7) is 14.2. The number of benzene rings is 3. The molecule has 0 bridgehead atoms. The summed E-state index contributed by atoms with van der Waals surface area (Å²) in [5.74, 6) is 0. The maximum absolute atomic E-state index is 2.42. The van der Waals surface area contributed by atoms with E-state index in [0.717, 1.165) is 0 Å². The Morgan fingerprint density at radius 1 is 0.484 bits per heavy atom. The summed E-state index contributed by atoms with van der Waals surface area (Å²) in [6, 6.07) is 27.5. The van der Waals surface area contributed by atoms with Gasteiger partial charge in [0.2, 0.25) is 0 Å². The molecule has 165 valence electrons. The summed E-state index contributed by atoms with van der Waals surface area (Å²) in [6.07, 6.45) is 3.67. The molecule has 0 amide bonds. The van der Waals surface area contributed by atoms with E-state index in [1.165, 1.54) is 36.0 Å². The Labute approximate surface area is 195 Å². The first-order chi connectivity index (χ1) is 15.0. The minimum absolute atomic E-state index is 0.662. The molecule has 3 unspecified atom stereocenters. The van der Waals surface area contributed by atoms with Gasteiger partial charge < -0.3 is 0 Å². The van der Waals surface area contributed by atoms with Gasteiger partial charge >= 0.3 is 195 Å². The van der Waals surface area contributed by atoms with Gasteiger partial charge in [-0.15, -0.1) is 0 Å².